The van der Waals surface area contributed by atoms with Gasteiger partial charge in [0.1, 0.15) is 0 Å². The number of unbranched alkanes of at least 4 members (excludes halogenated alkanes) is 1. The molecule has 17 heavy (non-hydrogen) atoms. The van der Waals surface area contributed by atoms with Crippen LogP contribution < -0.4 is 5.32 Å². The third-order valence-corrected chi connectivity index (χ3v) is 3.72. The molecule has 0 aromatic heterocycles. The van der Waals surface area contributed by atoms with E-state index >= 15 is 0 Å². The largest absolute Gasteiger partial charge is 0.381 e. The van der Waals surface area contributed by atoms with Crippen LogP contribution in [0.3, 0.4) is 0 Å². The minimum absolute atomic E-state index is 0.754. The molecule has 1 fully saturated rings. The molecule has 1 aliphatic rings. The number of nitrogens with one attached hydrogen (secondary N) is 1. The summed E-state index contributed by atoms with van der Waals surface area (Å²) in [5, 5.41) is 3.69. The molecule has 1 aliphatic carbocycles. The van der Waals surface area contributed by atoms with Gasteiger partial charge in [-0.15, -0.1) is 0 Å². The second-order valence-corrected chi connectivity index (χ2v) is 5.89. The molecule has 0 heterocycles. The molecule has 2 atom stereocenters. The molecular weight excluding hydrogens is 210 g/mol. The zero-order valence-electron chi connectivity index (χ0n) is 12.0. The molecule has 0 radical (unpaired) electrons. The summed E-state index contributed by atoms with van der Waals surface area (Å²) < 4.78 is 5.57. The van der Waals surface area contributed by atoms with E-state index in [0.29, 0.717) is 0 Å². The minimum atomic E-state index is 0.754. The van der Waals surface area contributed by atoms with E-state index in [4.69, 9.17) is 4.74 Å². The van der Waals surface area contributed by atoms with E-state index < -0.39 is 0 Å². The van der Waals surface area contributed by atoms with Crippen molar-refractivity contribution in [1.82, 2.24) is 5.32 Å². The quantitative estimate of drug-likeness (QED) is 0.656. The monoisotopic (exact) mass is 241 g/mol. The second kappa shape index (κ2) is 8.93. The van der Waals surface area contributed by atoms with Crippen molar-refractivity contribution in [2.45, 2.75) is 65.3 Å². The van der Waals surface area contributed by atoms with E-state index in [1.54, 1.807) is 0 Å². The maximum absolute atomic E-state index is 5.57. The Morgan fingerprint density at radius 3 is 2.29 bits per heavy atom. The Balaban J connectivity index is 1.95. The zero-order valence-corrected chi connectivity index (χ0v) is 12.0. The molecule has 2 heteroatoms. The molecule has 0 spiro atoms. The molecule has 0 bridgehead atoms. The van der Waals surface area contributed by atoms with Crippen LogP contribution in [0.2, 0.25) is 0 Å². The molecule has 0 aromatic rings. The number of rotatable bonds is 8. The third-order valence-electron chi connectivity index (χ3n) is 3.72. The first kappa shape index (κ1) is 15.0. The summed E-state index contributed by atoms with van der Waals surface area (Å²) in [4.78, 5) is 0. The molecule has 0 amide bonds. The Hall–Kier alpha value is -0.0800. The van der Waals surface area contributed by atoms with Crippen molar-refractivity contribution in [3.63, 3.8) is 0 Å². The summed E-state index contributed by atoms with van der Waals surface area (Å²) in [5.74, 6) is 1.80. The van der Waals surface area contributed by atoms with Gasteiger partial charge in [0, 0.05) is 19.3 Å². The predicted octanol–water partition coefficient (Wildman–Crippen LogP) is 3.61. The van der Waals surface area contributed by atoms with E-state index in [0.717, 1.165) is 44.1 Å². The van der Waals surface area contributed by atoms with Gasteiger partial charge in [-0.3, -0.25) is 0 Å². The van der Waals surface area contributed by atoms with Gasteiger partial charge in [-0.25, -0.2) is 0 Å². The first-order valence-corrected chi connectivity index (χ1v) is 7.53. The Morgan fingerprint density at radius 1 is 1.00 bits per heavy atom. The maximum atomic E-state index is 5.57. The van der Waals surface area contributed by atoms with Crippen LogP contribution in [0, 0.1) is 11.8 Å². The van der Waals surface area contributed by atoms with Crippen molar-refractivity contribution in [2.75, 3.05) is 19.8 Å². The van der Waals surface area contributed by atoms with Gasteiger partial charge in [0.2, 0.25) is 0 Å². The molecule has 1 saturated carbocycles. The normalized spacial score (nSPS) is 29.5. The van der Waals surface area contributed by atoms with E-state index in [-0.39, 0.29) is 0 Å². The smallest absolute Gasteiger partial charge is 0.0478 e. The van der Waals surface area contributed by atoms with Gasteiger partial charge in [-0.2, -0.15) is 0 Å². The van der Waals surface area contributed by atoms with Gasteiger partial charge in [0.15, 0.2) is 0 Å². The van der Waals surface area contributed by atoms with E-state index in [2.05, 4.69) is 26.1 Å². The van der Waals surface area contributed by atoms with Crippen molar-refractivity contribution in [3.8, 4) is 0 Å². The Kier molecular flexibility index (Phi) is 7.87. The molecule has 2 nitrogen and oxygen atoms in total. The van der Waals surface area contributed by atoms with Gasteiger partial charge in [0.05, 0.1) is 0 Å². The van der Waals surface area contributed by atoms with Crippen molar-refractivity contribution in [2.24, 2.45) is 11.8 Å². The molecule has 0 saturated heterocycles. The van der Waals surface area contributed by atoms with Crippen molar-refractivity contribution in [3.05, 3.63) is 0 Å². The first-order valence-electron chi connectivity index (χ1n) is 7.53. The molecule has 0 aliphatic heterocycles. The summed E-state index contributed by atoms with van der Waals surface area (Å²) in [6.45, 7) is 9.96. The van der Waals surface area contributed by atoms with Crippen molar-refractivity contribution >= 4 is 0 Å². The van der Waals surface area contributed by atoms with Crippen LogP contribution in [-0.4, -0.2) is 25.8 Å². The topological polar surface area (TPSA) is 21.3 Å². The average Bonchev–Trinajstić information content (AvgIpc) is 2.26. The van der Waals surface area contributed by atoms with Crippen molar-refractivity contribution < 1.29 is 4.74 Å². The summed E-state index contributed by atoms with van der Waals surface area (Å²) in [6, 6.07) is 0.754. The molecule has 1 rings (SSSR count). The predicted molar refractivity (Wildman–Crippen MR) is 74.3 cm³/mol. The molecule has 0 aromatic carbocycles. The van der Waals surface area contributed by atoms with E-state index in [1.165, 1.54) is 32.1 Å². The Labute approximate surface area is 108 Å². The fourth-order valence-corrected chi connectivity index (χ4v) is 2.94. The highest BCUT2D eigenvalue weighted by Crippen LogP contribution is 2.28. The van der Waals surface area contributed by atoms with Gasteiger partial charge in [-0.05, 0) is 50.5 Å². The van der Waals surface area contributed by atoms with Crippen LogP contribution in [0.1, 0.15) is 59.3 Å². The number of hydrogen-bond acceptors (Lipinski definition) is 2. The lowest BCUT2D eigenvalue weighted by Crippen LogP contribution is -2.37. The van der Waals surface area contributed by atoms with Gasteiger partial charge >= 0.3 is 0 Å². The number of ether oxygens (including phenoxy) is 1. The van der Waals surface area contributed by atoms with E-state index in [1.807, 2.05) is 0 Å². The molecule has 2 unspecified atom stereocenters. The standard InChI is InChI=1S/C15H31NO/c1-4-5-8-17-9-6-7-16-15-11-13(2)10-14(3)12-15/h13-16H,4-12H2,1-3H3. The maximum Gasteiger partial charge on any atom is 0.0478 e. The van der Waals surface area contributed by atoms with Crippen LogP contribution in [-0.2, 0) is 4.74 Å². The SMILES string of the molecule is CCCCOCCCNC1CC(C)CC(C)C1. The van der Waals surface area contributed by atoms with Crippen LogP contribution in [0.15, 0.2) is 0 Å². The Morgan fingerprint density at radius 2 is 1.65 bits per heavy atom. The highest BCUT2D eigenvalue weighted by molar-refractivity contribution is 4.79. The lowest BCUT2D eigenvalue weighted by atomic mass is 9.80. The van der Waals surface area contributed by atoms with Gasteiger partial charge < -0.3 is 10.1 Å². The summed E-state index contributed by atoms with van der Waals surface area (Å²) >= 11 is 0. The van der Waals surface area contributed by atoms with Gasteiger partial charge in [-0.1, -0.05) is 27.2 Å². The summed E-state index contributed by atoms with van der Waals surface area (Å²) in [5.41, 5.74) is 0. The second-order valence-electron chi connectivity index (χ2n) is 5.89. The van der Waals surface area contributed by atoms with Crippen LogP contribution in [0.25, 0.3) is 0 Å². The average molecular weight is 241 g/mol. The number of hydrogen-bond donors (Lipinski definition) is 1. The highest BCUT2D eigenvalue weighted by atomic mass is 16.5. The molecule has 1 N–H and O–H groups in total. The van der Waals surface area contributed by atoms with Crippen LogP contribution in [0.4, 0.5) is 0 Å². The minimum Gasteiger partial charge on any atom is -0.381 e. The van der Waals surface area contributed by atoms with Crippen LogP contribution >= 0.6 is 0 Å². The first-order chi connectivity index (χ1) is 8.22. The highest BCUT2D eigenvalue weighted by Gasteiger charge is 2.22. The van der Waals surface area contributed by atoms with Crippen molar-refractivity contribution in [1.29, 1.82) is 0 Å². The fourth-order valence-electron chi connectivity index (χ4n) is 2.94. The lowest BCUT2D eigenvalue weighted by Gasteiger charge is -2.32. The van der Waals surface area contributed by atoms with E-state index in [9.17, 15) is 0 Å². The van der Waals surface area contributed by atoms with Crippen LogP contribution in [0.5, 0.6) is 0 Å². The third kappa shape index (κ3) is 7.05. The summed E-state index contributed by atoms with van der Waals surface area (Å²) in [6.07, 6.45) is 7.73. The Bertz CT molecular complexity index is 174. The lowest BCUT2D eigenvalue weighted by molar-refractivity contribution is 0.126. The fraction of sp³-hybridized carbons (Fsp3) is 1.00. The zero-order chi connectivity index (χ0) is 12.5. The summed E-state index contributed by atoms with van der Waals surface area (Å²) in [7, 11) is 0. The molecular formula is C15H31NO. The molecule has 102 valence electrons. The van der Waals surface area contributed by atoms with Gasteiger partial charge in [0.25, 0.3) is 0 Å².